The van der Waals surface area contributed by atoms with Gasteiger partial charge in [0.1, 0.15) is 49.0 Å². The number of methoxy groups -OCH3 is 1. The normalized spacial score (nSPS) is 20.1. The van der Waals surface area contributed by atoms with Crippen LogP contribution in [0.15, 0.2) is 73.1 Å². The van der Waals surface area contributed by atoms with Crippen LogP contribution in [-0.2, 0) is 69.7 Å². The van der Waals surface area contributed by atoms with Crippen molar-refractivity contribution in [1.29, 1.82) is 0 Å². The zero-order valence-electron chi connectivity index (χ0n) is 36.5. The fourth-order valence-corrected chi connectivity index (χ4v) is 8.06. The van der Waals surface area contributed by atoms with Crippen molar-refractivity contribution in [2.75, 3.05) is 26.5 Å². The number of fused-ring (bicyclic) bond motifs is 1. The van der Waals surface area contributed by atoms with Gasteiger partial charge in [-0.25, -0.2) is 23.7 Å². The molecular weight excluding hydrogens is 857 g/mol. The van der Waals surface area contributed by atoms with Crippen molar-refractivity contribution in [2.45, 2.75) is 103 Å². The van der Waals surface area contributed by atoms with Crippen LogP contribution in [0.25, 0.3) is 5.52 Å². The Kier molecular flexibility index (Phi) is 16.8. The predicted octanol–water partition coefficient (Wildman–Crippen LogP) is 4.09. The van der Waals surface area contributed by atoms with E-state index in [9.17, 15) is 28.5 Å². The Morgan fingerprint density at radius 2 is 1.61 bits per heavy atom. The minimum Gasteiger partial charge on any atom is -0.467 e. The van der Waals surface area contributed by atoms with Gasteiger partial charge in [-0.3, -0.25) is 24.2 Å². The summed E-state index contributed by atoms with van der Waals surface area (Å²) in [4.78, 5) is 68.3. The van der Waals surface area contributed by atoms with E-state index < -0.39 is 86.5 Å². The molecular formula is C42H54N7O14P. The Labute approximate surface area is 369 Å². The number of carbonyl (C=O) groups is 5. The number of esters is 4. The number of ether oxygens (including phenoxy) is 6. The largest absolute Gasteiger partial charge is 0.467 e. The second-order valence-electron chi connectivity index (χ2n) is 14.8. The molecule has 5 rings (SSSR count). The molecule has 0 bridgehead atoms. The number of hydrogen-bond acceptors (Lipinski definition) is 18. The van der Waals surface area contributed by atoms with E-state index in [0.717, 1.165) is 5.56 Å². The first-order valence-corrected chi connectivity index (χ1v) is 22.0. The van der Waals surface area contributed by atoms with Crippen molar-refractivity contribution in [3.05, 3.63) is 89.9 Å². The molecule has 1 fully saturated rings. The maximum absolute atomic E-state index is 14.9. The monoisotopic (exact) mass is 911 g/mol. The van der Waals surface area contributed by atoms with Gasteiger partial charge in [-0.15, -0.1) is 0 Å². The number of rotatable bonds is 21. The number of aromatic nitrogens is 3. The molecule has 64 heavy (non-hydrogen) atoms. The third kappa shape index (κ3) is 12.3. The average Bonchev–Trinajstić information content (AvgIpc) is 3.84. The van der Waals surface area contributed by atoms with E-state index in [-0.39, 0.29) is 37.4 Å². The third-order valence-corrected chi connectivity index (χ3v) is 11.4. The summed E-state index contributed by atoms with van der Waals surface area (Å²) >= 11 is 0. The summed E-state index contributed by atoms with van der Waals surface area (Å²) in [5, 5.41) is 12.4. The quantitative estimate of drug-likeness (QED) is 0.0521. The summed E-state index contributed by atoms with van der Waals surface area (Å²) in [6.45, 7) is 7.12. The van der Waals surface area contributed by atoms with Gasteiger partial charge in [0.15, 0.2) is 23.8 Å². The molecule has 1 aliphatic heterocycles. The van der Waals surface area contributed by atoms with Crippen molar-refractivity contribution in [3.63, 3.8) is 0 Å². The molecule has 4 aromatic rings. The Balaban J connectivity index is 1.43. The van der Waals surface area contributed by atoms with Crippen LogP contribution in [0.5, 0.6) is 5.75 Å². The highest BCUT2D eigenvalue weighted by atomic mass is 31.2. The fourth-order valence-electron chi connectivity index (χ4n) is 6.54. The van der Waals surface area contributed by atoms with Gasteiger partial charge in [-0.05, 0) is 63.2 Å². The molecule has 1 aliphatic rings. The molecule has 21 nitrogen and oxygen atoms in total. The number of nitrogens with one attached hydrogen (secondary N) is 3. The molecule has 2 aromatic carbocycles. The van der Waals surface area contributed by atoms with Gasteiger partial charge in [0, 0.05) is 19.3 Å². The van der Waals surface area contributed by atoms with Crippen molar-refractivity contribution in [3.8, 4) is 5.75 Å². The maximum Gasteiger partial charge on any atom is 0.459 e. The van der Waals surface area contributed by atoms with Crippen LogP contribution in [0, 0.1) is 0 Å². The molecule has 0 saturated carbocycles. The van der Waals surface area contributed by atoms with Crippen LogP contribution in [0.1, 0.15) is 70.4 Å². The average molecular weight is 912 g/mol. The molecule has 2 aromatic heterocycles. The molecule has 0 spiro atoms. The minimum absolute atomic E-state index is 0.0155. The van der Waals surface area contributed by atoms with Gasteiger partial charge in [-0.2, -0.15) is 10.2 Å². The molecule has 1 saturated heterocycles. The van der Waals surface area contributed by atoms with E-state index in [4.69, 9.17) is 43.2 Å². The number of nitrogens with zero attached hydrogens (tertiary/aromatic N) is 3. The molecule has 5 N–H and O–H groups in total. The lowest BCUT2D eigenvalue weighted by molar-refractivity contribution is -0.176. The minimum atomic E-state index is -4.67. The summed E-state index contributed by atoms with van der Waals surface area (Å²) in [5.74, 6) is -2.70. The molecule has 7 atom stereocenters. The third-order valence-electron chi connectivity index (χ3n) is 9.81. The van der Waals surface area contributed by atoms with Crippen LogP contribution < -0.4 is 26.0 Å². The Bertz CT molecular complexity index is 2300. The summed E-state index contributed by atoms with van der Waals surface area (Å²) in [5.41, 5.74) is 6.24. The van der Waals surface area contributed by atoms with E-state index in [2.05, 4.69) is 25.8 Å². The molecule has 3 heterocycles. The lowest BCUT2D eigenvalue weighted by Crippen LogP contribution is -2.58. The fraction of sp³-hybridized carbons (Fsp3) is 0.452. The topological polar surface area (TPSA) is 269 Å². The summed E-state index contributed by atoms with van der Waals surface area (Å²) in [6, 6.07) is 15.8. The van der Waals surface area contributed by atoms with Crippen LogP contribution in [0.4, 0.5) is 10.6 Å². The van der Waals surface area contributed by atoms with Crippen molar-refractivity contribution >= 4 is 49.1 Å². The first kappa shape index (κ1) is 48.9. The molecule has 0 radical (unpaired) electrons. The summed E-state index contributed by atoms with van der Waals surface area (Å²) < 4.78 is 62.4. The van der Waals surface area contributed by atoms with Crippen LogP contribution in [0.2, 0.25) is 0 Å². The Morgan fingerprint density at radius 3 is 2.25 bits per heavy atom. The van der Waals surface area contributed by atoms with Gasteiger partial charge in [0.2, 0.25) is 0 Å². The maximum atomic E-state index is 14.9. The number of amides is 1. The van der Waals surface area contributed by atoms with Crippen molar-refractivity contribution in [2.24, 2.45) is 0 Å². The van der Waals surface area contributed by atoms with Gasteiger partial charge >= 0.3 is 37.7 Å². The zero-order chi connectivity index (χ0) is 46.6. The van der Waals surface area contributed by atoms with E-state index in [1.807, 2.05) is 6.07 Å². The molecule has 346 valence electrons. The second kappa shape index (κ2) is 22.0. The molecule has 1 unspecified atom stereocenters. The highest BCUT2D eigenvalue weighted by molar-refractivity contribution is 7.52. The van der Waals surface area contributed by atoms with Crippen LogP contribution in [0.3, 0.4) is 0 Å². The number of likely N-dealkylation sites (N-methyl/N-ethyl adjacent to an activating group) is 1. The number of hydrogen-bond donors (Lipinski definition) is 4. The number of nitrogens with two attached hydrogens (primary N) is 1. The van der Waals surface area contributed by atoms with E-state index >= 15 is 0 Å². The van der Waals surface area contributed by atoms with Gasteiger partial charge < -0.3 is 44.0 Å². The number of anilines is 1. The highest BCUT2D eigenvalue weighted by Crippen LogP contribution is 2.49. The standard InChI is InChI=1S/C42H54N7O14P/c1-8-33(50)60-36-35(31-19-20-32-38(43)45-24-46-49(31)32)62-42(44-6,37(36)61-34(51)9-2)23-58-64(55,48-26(5)39(52)59-25(3)4)63-29-17-15-27(16-18-29)21-30(40(53)56-7)47-41(54)57-22-28-13-11-10-12-14-28/h10-20,24-26,30,35-37,44H,8-9,21-23H2,1-7H3,(H,47,54)(H,48,55)(H2,43,45,46)/t26-,30-,35-,36-,37-,42+,64?/m0/s1. The lowest BCUT2D eigenvalue weighted by Gasteiger charge is -2.35. The SMILES string of the molecule is CCC(=O)O[C@H]1[C@H](c2ccc3c(N)ncnn23)O[C@@](COP(=O)(N[C@@H](C)C(=O)OC(C)C)Oc2ccc(C[C@H](NC(=O)OCc3ccccc3)C(=O)OC)cc2)(NC)[C@H]1OC(=O)CC. The molecule has 0 aliphatic carbocycles. The Hall–Kier alpha value is -6.12. The first-order valence-electron chi connectivity index (χ1n) is 20.4. The van der Waals surface area contributed by atoms with E-state index in [0.29, 0.717) is 16.8 Å². The summed E-state index contributed by atoms with van der Waals surface area (Å²) in [7, 11) is -2.02. The molecule has 22 heteroatoms. The smallest absolute Gasteiger partial charge is 0.459 e. The second-order valence-corrected chi connectivity index (χ2v) is 16.5. The van der Waals surface area contributed by atoms with Crippen LogP contribution >= 0.6 is 7.75 Å². The number of benzene rings is 2. The first-order chi connectivity index (χ1) is 30.5. The summed E-state index contributed by atoms with van der Waals surface area (Å²) in [6.07, 6.45) is -4.20. The number of alkyl carbamates (subject to hydrolysis) is 1. The van der Waals surface area contributed by atoms with Crippen molar-refractivity contribution < 1.29 is 66.0 Å². The van der Waals surface area contributed by atoms with Gasteiger partial charge in [0.25, 0.3) is 0 Å². The van der Waals surface area contributed by atoms with E-state index in [1.54, 1.807) is 76.2 Å². The van der Waals surface area contributed by atoms with Gasteiger partial charge in [-0.1, -0.05) is 56.3 Å². The predicted molar refractivity (Wildman–Crippen MR) is 227 cm³/mol. The Morgan fingerprint density at radius 1 is 0.922 bits per heavy atom. The number of nitrogen functional groups attached to an aromatic ring is 1. The molecule has 1 amide bonds. The van der Waals surface area contributed by atoms with Crippen molar-refractivity contribution in [1.82, 2.24) is 30.3 Å². The van der Waals surface area contributed by atoms with Crippen LogP contribution in [-0.4, -0.2) is 101 Å². The number of carbonyl (C=O) groups excluding carboxylic acids is 5. The van der Waals surface area contributed by atoms with E-state index in [1.165, 1.54) is 44.1 Å². The zero-order valence-corrected chi connectivity index (χ0v) is 37.4. The van der Waals surface area contributed by atoms with Gasteiger partial charge in [0.05, 0.1) is 18.9 Å². The lowest BCUT2D eigenvalue weighted by atomic mass is 10.0. The highest BCUT2D eigenvalue weighted by Gasteiger charge is 2.61.